The van der Waals surface area contributed by atoms with E-state index in [0.717, 1.165) is 11.1 Å². The molecule has 160 valence electrons. The SMILES string of the molecule is CC(NC(=O)C(c1ccccc1)N1CCS(=O)(=O)CC1)C(=O)NCc1ccccc1. The van der Waals surface area contributed by atoms with Gasteiger partial charge in [0.2, 0.25) is 11.8 Å². The summed E-state index contributed by atoms with van der Waals surface area (Å²) in [7, 11) is -3.06. The highest BCUT2D eigenvalue weighted by Crippen LogP contribution is 2.23. The molecule has 1 aliphatic rings. The van der Waals surface area contributed by atoms with Crippen LogP contribution in [0, 0.1) is 0 Å². The van der Waals surface area contributed by atoms with Crippen LogP contribution < -0.4 is 10.6 Å². The van der Waals surface area contributed by atoms with Gasteiger partial charge < -0.3 is 10.6 Å². The first-order chi connectivity index (χ1) is 14.4. The van der Waals surface area contributed by atoms with Gasteiger partial charge in [-0.3, -0.25) is 14.5 Å². The van der Waals surface area contributed by atoms with E-state index >= 15 is 0 Å². The largest absolute Gasteiger partial charge is 0.350 e. The van der Waals surface area contributed by atoms with Gasteiger partial charge in [0.1, 0.15) is 12.1 Å². The minimum Gasteiger partial charge on any atom is -0.350 e. The summed E-state index contributed by atoms with van der Waals surface area (Å²) in [5.41, 5.74) is 1.74. The van der Waals surface area contributed by atoms with Crippen LogP contribution in [0.3, 0.4) is 0 Å². The molecule has 30 heavy (non-hydrogen) atoms. The second-order valence-electron chi connectivity index (χ2n) is 7.43. The summed E-state index contributed by atoms with van der Waals surface area (Å²) in [6.45, 7) is 2.58. The van der Waals surface area contributed by atoms with E-state index in [-0.39, 0.29) is 36.4 Å². The summed E-state index contributed by atoms with van der Waals surface area (Å²) in [6, 6.07) is 17.4. The molecule has 7 nitrogen and oxygen atoms in total. The highest BCUT2D eigenvalue weighted by molar-refractivity contribution is 7.91. The first-order valence-electron chi connectivity index (χ1n) is 9.97. The van der Waals surface area contributed by atoms with Crippen molar-refractivity contribution < 1.29 is 18.0 Å². The number of nitrogens with zero attached hydrogens (tertiary/aromatic N) is 1. The number of carbonyl (C=O) groups excluding carboxylic acids is 2. The van der Waals surface area contributed by atoms with Crippen molar-refractivity contribution in [2.45, 2.75) is 25.6 Å². The quantitative estimate of drug-likeness (QED) is 0.691. The van der Waals surface area contributed by atoms with Crippen LogP contribution in [0.2, 0.25) is 0 Å². The highest BCUT2D eigenvalue weighted by atomic mass is 32.2. The summed E-state index contributed by atoms with van der Waals surface area (Å²) >= 11 is 0. The van der Waals surface area contributed by atoms with Gasteiger partial charge in [-0.05, 0) is 18.1 Å². The van der Waals surface area contributed by atoms with Gasteiger partial charge in [-0.1, -0.05) is 60.7 Å². The fourth-order valence-corrected chi connectivity index (χ4v) is 4.67. The van der Waals surface area contributed by atoms with Gasteiger partial charge in [0, 0.05) is 19.6 Å². The Morgan fingerprint density at radius 1 is 0.933 bits per heavy atom. The van der Waals surface area contributed by atoms with Gasteiger partial charge in [-0.25, -0.2) is 8.42 Å². The molecule has 0 spiro atoms. The first-order valence-corrected chi connectivity index (χ1v) is 11.8. The second kappa shape index (κ2) is 9.86. The molecule has 2 unspecified atom stereocenters. The zero-order valence-corrected chi connectivity index (χ0v) is 17.8. The minimum atomic E-state index is -3.06. The van der Waals surface area contributed by atoms with Crippen molar-refractivity contribution in [3.8, 4) is 0 Å². The normalized spacial score (nSPS) is 18.2. The molecule has 1 aliphatic heterocycles. The molecule has 2 aromatic carbocycles. The van der Waals surface area contributed by atoms with E-state index < -0.39 is 21.9 Å². The monoisotopic (exact) mass is 429 g/mol. The summed E-state index contributed by atoms with van der Waals surface area (Å²) < 4.78 is 23.6. The smallest absolute Gasteiger partial charge is 0.242 e. The topological polar surface area (TPSA) is 95.6 Å². The van der Waals surface area contributed by atoms with E-state index in [1.165, 1.54) is 0 Å². The molecule has 0 radical (unpaired) electrons. The maximum Gasteiger partial charge on any atom is 0.242 e. The van der Waals surface area contributed by atoms with E-state index in [1.54, 1.807) is 6.92 Å². The van der Waals surface area contributed by atoms with Crippen LogP contribution in [0.4, 0.5) is 0 Å². The predicted octanol–water partition coefficient (Wildman–Crippen LogP) is 1.28. The zero-order valence-electron chi connectivity index (χ0n) is 17.0. The molecule has 2 N–H and O–H groups in total. The Balaban J connectivity index is 1.66. The number of hydrogen-bond acceptors (Lipinski definition) is 5. The number of nitrogens with one attached hydrogen (secondary N) is 2. The number of benzene rings is 2. The number of sulfone groups is 1. The van der Waals surface area contributed by atoms with E-state index in [2.05, 4.69) is 10.6 Å². The van der Waals surface area contributed by atoms with Crippen molar-refractivity contribution in [1.29, 1.82) is 0 Å². The van der Waals surface area contributed by atoms with Gasteiger partial charge in [0.05, 0.1) is 11.5 Å². The van der Waals surface area contributed by atoms with Crippen molar-refractivity contribution in [1.82, 2.24) is 15.5 Å². The van der Waals surface area contributed by atoms with E-state index in [0.29, 0.717) is 6.54 Å². The lowest BCUT2D eigenvalue weighted by Crippen LogP contribution is -2.51. The third-order valence-electron chi connectivity index (χ3n) is 5.17. The third-order valence-corrected chi connectivity index (χ3v) is 6.78. The van der Waals surface area contributed by atoms with Crippen LogP contribution in [0.5, 0.6) is 0 Å². The molecule has 2 aromatic rings. The van der Waals surface area contributed by atoms with Crippen LogP contribution in [-0.4, -0.2) is 55.8 Å². The lowest BCUT2D eigenvalue weighted by atomic mass is 10.0. The van der Waals surface area contributed by atoms with Crippen LogP contribution in [0.1, 0.15) is 24.1 Å². The standard InChI is InChI=1S/C22H27N3O4S/c1-17(21(26)23-16-18-8-4-2-5-9-18)24-22(27)20(19-10-6-3-7-11-19)25-12-14-30(28,29)15-13-25/h2-11,17,20H,12-16H2,1H3,(H,23,26)(H,24,27). The lowest BCUT2D eigenvalue weighted by Gasteiger charge is -2.34. The Morgan fingerprint density at radius 3 is 2.10 bits per heavy atom. The molecule has 2 atom stereocenters. The Hall–Kier alpha value is -2.71. The van der Waals surface area contributed by atoms with E-state index in [4.69, 9.17) is 0 Å². The van der Waals surface area contributed by atoms with Gasteiger partial charge in [0.25, 0.3) is 0 Å². The van der Waals surface area contributed by atoms with Crippen LogP contribution in [0.25, 0.3) is 0 Å². The molecule has 0 bridgehead atoms. The van der Waals surface area contributed by atoms with Crippen molar-refractivity contribution in [3.05, 3.63) is 71.8 Å². The Kier molecular flexibility index (Phi) is 7.23. The fraction of sp³-hybridized carbons (Fsp3) is 0.364. The molecular formula is C22H27N3O4S. The Bertz CT molecular complexity index is 950. The van der Waals surface area contributed by atoms with E-state index in [1.807, 2.05) is 65.6 Å². The second-order valence-corrected chi connectivity index (χ2v) is 9.74. The molecule has 0 aliphatic carbocycles. The third kappa shape index (κ3) is 5.90. The fourth-order valence-electron chi connectivity index (χ4n) is 3.44. The van der Waals surface area contributed by atoms with Gasteiger partial charge in [-0.2, -0.15) is 0 Å². The average Bonchev–Trinajstić information content (AvgIpc) is 2.75. The van der Waals surface area contributed by atoms with Crippen molar-refractivity contribution >= 4 is 21.7 Å². The predicted molar refractivity (Wildman–Crippen MR) is 115 cm³/mol. The number of rotatable bonds is 7. The maximum atomic E-state index is 13.1. The molecule has 3 rings (SSSR count). The van der Waals surface area contributed by atoms with Crippen LogP contribution >= 0.6 is 0 Å². The number of carbonyl (C=O) groups is 2. The van der Waals surface area contributed by atoms with Gasteiger partial charge in [0.15, 0.2) is 9.84 Å². The number of amides is 2. The summed E-state index contributed by atoms with van der Waals surface area (Å²) in [5, 5.41) is 5.62. The Labute approximate surface area is 177 Å². The molecule has 1 heterocycles. The van der Waals surface area contributed by atoms with Gasteiger partial charge >= 0.3 is 0 Å². The zero-order chi connectivity index (χ0) is 21.6. The molecule has 8 heteroatoms. The van der Waals surface area contributed by atoms with Crippen LogP contribution in [0.15, 0.2) is 60.7 Å². The van der Waals surface area contributed by atoms with Gasteiger partial charge in [-0.15, -0.1) is 0 Å². The maximum absolute atomic E-state index is 13.1. The first kappa shape index (κ1) is 22.0. The Morgan fingerprint density at radius 2 is 1.50 bits per heavy atom. The minimum absolute atomic E-state index is 0.0245. The van der Waals surface area contributed by atoms with Crippen molar-refractivity contribution in [3.63, 3.8) is 0 Å². The molecular weight excluding hydrogens is 402 g/mol. The molecule has 1 saturated heterocycles. The van der Waals surface area contributed by atoms with E-state index in [9.17, 15) is 18.0 Å². The van der Waals surface area contributed by atoms with Crippen molar-refractivity contribution in [2.24, 2.45) is 0 Å². The lowest BCUT2D eigenvalue weighted by molar-refractivity contribution is -0.131. The summed E-state index contributed by atoms with van der Waals surface area (Å²) in [6.07, 6.45) is 0. The molecule has 0 aromatic heterocycles. The van der Waals surface area contributed by atoms with Crippen LogP contribution in [-0.2, 0) is 26.0 Å². The number of hydrogen-bond donors (Lipinski definition) is 2. The molecule has 0 saturated carbocycles. The summed E-state index contributed by atoms with van der Waals surface area (Å²) in [4.78, 5) is 27.4. The molecule has 2 amide bonds. The highest BCUT2D eigenvalue weighted by Gasteiger charge is 2.33. The van der Waals surface area contributed by atoms with Crippen molar-refractivity contribution in [2.75, 3.05) is 24.6 Å². The summed E-state index contributed by atoms with van der Waals surface area (Å²) in [5.74, 6) is -0.545. The average molecular weight is 430 g/mol. The molecule has 1 fully saturated rings.